The molecule has 0 aromatic heterocycles. The number of benzene rings is 1. The molecule has 0 spiro atoms. The van der Waals surface area contributed by atoms with Gasteiger partial charge in [0.15, 0.2) is 0 Å². The largest absolute Gasteiger partial charge is 0.373 e. The summed E-state index contributed by atoms with van der Waals surface area (Å²) in [6.07, 6.45) is 0.475. The first-order chi connectivity index (χ1) is 9.31. The minimum atomic E-state index is -3.45. The number of rotatable bonds is 3. The molecule has 1 heterocycles. The summed E-state index contributed by atoms with van der Waals surface area (Å²) < 4.78 is 24.3. The molecule has 1 N–H and O–H groups in total. The highest BCUT2D eigenvalue weighted by molar-refractivity contribution is 7.89. The van der Waals surface area contributed by atoms with Crippen LogP contribution in [0, 0.1) is 0 Å². The van der Waals surface area contributed by atoms with Crippen LogP contribution in [0.1, 0.15) is 13.3 Å². The fourth-order valence-electron chi connectivity index (χ4n) is 2.00. The van der Waals surface area contributed by atoms with Gasteiger partial charge in [0.1, 0.15) is 6.04 Å². The molecule has 1 aromatic rings. The first-order valence-electron chi connectivity index (χ1n) is 6.07. The Kier molecular flexibility index (Phi) is 4.46. The van der Waals surface area contributed by atoms with Gasteiger partial charge in [-0.3, -0.25) is 4.79 Å². The van der Waals surface area contributed by atoms with E-state index in [1.54, 1.807) is 25.1 Å². The maximum Gasteiger partial charge on any atom is 0.258 e. The summed E-state index contributed by atoms with van der Waals surface area (Å²) in [6.45, 7) is 1.84. The molecule has 0 radical (unpaired) electrons. The molecule has 1 unspecified atom stereocenters. The van der Waals surface area contributed by atoms with Crippen molar-refractivity contribution in [2.75, 3.05) is 17.6 Å². The van der Waals surface area contributed by atoms with Crippen LogP contribution in [-0.4, -0.2) is 37.0 Å². The predicted molar refractivity (Wildman–Crippen MR) is 79.7 cm³/mol. The Labute approximate surface area is 127 Å². The number of nitrogens with zero attached hydrogens (tertiary/aromatic N) is 1. The van der Waals surface area contributed by atoms with Crippen LogP contribution in [0.3, 0.4) is 0 Å². The molecule has 1 aromatic carbocycles. The van der Waals surface area contributed by atoms with Crippen LogP contribution >= 0.6 is 23.2 Å². The summed E-state index contributed by atoms with van der Waals surface area (Å²) in [5.74, 6) is -0.457. The number of carbonyl (C=O) groups is 1. The second-order valence-electron chi connectivity index (χ2n) is 4.57. The van der Waals surface area contributed by atoms with E-state index in [4.69, 9.17) is 23.2 Å². The highest BCUT2D eigenvalue weighted by Gasteiger charge is 2.34. The number of carbonyl (C=O) groups excluding carboxylic acids is 1. The SMILES string of the molecule is CC(Nc1ccc(Cl)cc1Cl)C(=O)N1CCCS1(=O)=O. The highest BCUT2D eigenvalue weighted by atomic mass is 35.5. The van der Waals surface area contributed by atoms with Crippen molar-refractivity contribution in [2.45, 2.75) is 19.4 Å². The van der Waals surface area contributed by atoms with Crippen molar-refractivity contribution >= 4 is 44.8 Å². The molecule has 110 valence electrons. The second-order valence-corrected chi connectivity index (χ2v) is 7.43. The van der Waals surface area contributed by atoms with Gasteiger partial charge in [-0.15, -0.1) is 0 Å². The molecule has 1 saturated heterocycles. The minimum absolute atomic E-state index is 0.0210. The lowest BCUT2D eigenvalue weighted by Crippen LogP contribution is -2.42. The Balaban J connectivity index is 2.12. The Morgan fingerprint density at radius 1 is 1.40 bits per heavy atom. The highest BCUT2D eigenvalue weighted by Crippen LogP contribution is 2.26. The van der Waals surface area contributed by atoms with E-state index >= 15 is 0 Å². The van der Waals surface area contributed by atoms with Crippen LogP contribution in [-0.2, 0) is 14.8 Å². The Morgan fingerprint density at radius 3 is 2.65 bits per heavy atom. The minimum Gasteiger partial charge on any atom is -0.373 e. The number of anilines is 1. The van der Waals surface area contributed by atoms with Crippen molar-refractivity contribution in [1.82, 2.24) is 4.31 Å². The molecular weight excluding hydrogens is 323 g/mol. The van der Waals surface area contributed by atoms with Gasteiger partial charge in [-0.25, -0.2) is 12.7 Å². The van der Waals surface area contributed by atoms with Crippen molar-refractivity contribution < 1.29 is 13.2 Å². The van der Waals surface area contributed by atoms with Gasteiger partial charge in [0.05, 0.1) is 16.5 Å². The third kappa shape index (κ3) is 3.19. The van der Waals surface area contributed by atoms with Crippen molar-refractivity contribution in [3.05, 3.63) is 28.2 Å². The van der Waals surface area contributed by atoms with Crippen LogP contribution in [0.15, 0.2) is 18.2 Å². The number of hydrogen-bond acceptors (Lipinski definition) is 4. The van der Waals surface area contributed by atoms with Crippen molar-refractivity contribution in [2.24, 2.45) is 0 Å². The third-order valence-electron chi connectivity index (χ3n) is 3.02. The van der Waals surface area contributed by atoms with Crippen molar-refractivity contribution in [1.29, 1.82) is 0 Å². The smallest absolute Gasteiger partial charge is 0.258 e. The molecule has 1 fully saturated rings. The van der Waals surface area contributed by atoms with E-state index in [0.717, 1.165) is 4.31 Å². The van der Waals surface area contributed by atoms with Gasteiger partial charge >= 0.3 is 0 Å². The van der Waals surface area contributed by atoms with Gasteiger partial charge in [0.2, 0.25) is 10.0 Å². The zero-order valence-corrected chi connectivity index (χ0v) is 13.1. The third-order valence-corrected chi connectivity index (χ3v) is 5.41. The number of sulfonamides is 1. The maximum absolute atomic E-state index is 12.2. The Hall–Kier alpha value is -0.980. The lowest BCUT2D eigenvalue weighted by Gasteiger charge is -2.21. The average Bonchev–Trinajstić information content (AvgIpc) is 2.71. The molecule has 1 atom stereocenters. The van der Waals surface area contributed by atoms with E-state index in [1.165, 1.54) is 0 Å². The second kappa shape index (κ2) is 5.79. The van der Waals surface area contributed by atoms with E-state index in [2.05, 4.69) is 5.32 Å². The molecule has 0 aliphatic carbocycles. The molecule has 8 heteroatoms. The number of nitrogens with one attached hydrogen (secondary N) is 1. The van der Waals surface area contributed by atoms with Crippen LogP contribution < -0.4 is 5.32 Å². The Bertz CT molecular complexity index is 634. The predicted octanol–water partition coefficient (Wildman–Crippen LogP) is 2.36. The quantitative estimate of drug-likeness (QED) is 0.920. The standard InChI is InChI=1S/C12H14Cl2N2O3S/c1-8(12(17)16-5-2-6-20(16,18)19)15-11-4-3-9(13)7-10(11)14/h3-4,7-8,15H,2,5-6H2,1H3. The molecule has 0 saturated carbocycles. The molecular formula is C12H14Cl2N2O3S. The lowest BCUT2D eigenvalue weighted by atomic mass is 10.2. The van der Waals surface area contributed by atoms with E-state index in [1.807, 2.05) is 0 Å². The fraction of sp³-hybridized carbons (Fsp3) is 0.417. The van der Waals surface area contributed by atoms with Crippen LogP contribution in [0.25, 0.3) is 0 Å². The van der Waals surface area contributed by atoms with Gasteiger partial charge < -0.3 is 5.32 Å². The van der Waals surface area contributed by atoms with Crippen LogP contribution in [0.2, 0.25) is 10.0 Å². The summed E-state index contributed by atoms with van der Waals surface area (Å²) in [5.41, 5.74) is 0.536. The van der Waals surface area contributed by atoms with E-state index < -0.39 is 22.0 Å². The van der Waals surface area contributed by atoms with Crippen molar-refractivity contribution in [3.63, 3.8) is 0 Å². The maximum atomic E-state index is 12.2. The lowest BCUT2D eigenvalue weighted by molar-refractivity contribution is -0.126. The van der Waals surface area contributed by atoms with E-state index in [0.29, 0.717) is 22.2 Å². The van der Waals surface area contributed by atoms with Crippen LogP contribution in [0.4, 0.5) is 5.69 Å². The van der Waals surface area contributed by atoms with Gasteiger partial charge in [-0.1, -0.05) is 23.2 Å². The first-order valence-corrected chi connectivity index (χ1v) is 8.43. The molecule has 1 amide bonds. The average molecular weight is 337 g/mol. The van der Waals surface area contributed by atoms with Crippen LogP contribution in [0.5, 0.6) is 0 Å². The summed E-state index contributed by atoms with van der Waals surface area (Å²) >= 11 is 11.8. The van der Waals surface area contributed by atoms with E-state index in [-0.39, 0.29) is 12.3 Å². The zero-order chi connectivity index (χ0) is 14.9. The number of hydrogen-bond donors (Lipinski definition) is 1. The number of halogens is 2. The van der Waals surface area contributed by atoms with Gasteiger partial charge in [-0.05, 0) is 31.5 Å². The Morgan fingerprint density at radius 2 is 2.10 bits per heavy atom. The normalized spacial score (nSPS) is 18.9. The summed E-state index contributed by atoms with van der Waals surface area (Å²) in [4.78, 5) is 12.2. The summed E-state index contributed by atoms with van der Waals surface area (Å²) in [7, 11) is -3.45. The molecule has 0 bridgehead atoms. The summed E-state index contributed by atoms with van der Waals surface area (Å²) in [5, 5.41) is 3.77. The first kappa shape index (κ1) is 15.4. The van der Waals surface area contributed by atoms with Gasteiger partial charge in [0, 0.05) is 11.6 Å². The van der Waals surface area contributed by atoms with Gasteiger partial charge in [-0.2, -0.15) is 0 Å². The summed E-state index contributed by atoms with van der Waals surface area (Å²) in [6, 6.07) is 4.14. The molecule has 1 aliphatic rings. The zero-order valence-electron chi connectivity index (χ0n) is 10.8. The molecule has 5 nitrogen and oxygen atoms in total. The topological polar surface area (TPSA) is 66.5 Å². The van der Waals surface area contributed by atoms with Gasteiger partial charge in [0.25, 0.3) is 5.91 Å². The molecule has 20 heavy (non-hydrogen) atoms. The monoisotopic (exact) mass is 336 g/mol. The van der Waals surface area contributed by atoms with E-state index in [9.17, 15) is 13.2 Å². The molecule has 2 rings (SSSR count). The molecule has 1 aliphatic heterocycles. The number of amides is 1. The fourth-order valence-corrected chi connectivity index (χ4v) is 4.02. The van der Waals surface area contributed by atoms with Crippen molar-refractivity contribution in [3.8, 4) is 0 Å².